The third-order valence-corrected chi connectivity index (χ3v) is 6.02. The maximum Gasteiger partial charge on any atom is 0.416 e. The number of rotatable bonds is 5. The highest BCUT2D eigenvalue weighted by Crippen LogP contribution is 2.35. The summed E-state index contributed by atoms with van der Waals surface area (Å²) in [5.74, 6) is 0.459. The Kier molecular flexibility index (Phi) is 9.79. The Morgan fingerprint density at radius 1 is 1.19 bits per heavy atom. The molecule has 4 rings (SSSR count). The van der Waals surface area contributed by atoms with E-state index in [2.05, 4.69) is 15.3 Å². The lowest BCUT2D eigenvalue weighted by molar-refractivity contribution is -0.137. The van der Waals surface area contributed by atoms with Gasteiger partial charge in [0.15, 0.2) is 5.82 Å². The van der Waals surface area contributed by atoms with Crippen molar-refractivity contribution >= 4 is 23.1 Å². The molecule has 0 bridgehead atoms. The van der Waals surface area contributed by atoms with Crippen molar-refractivity contribution in [3.8, 4) is 11.1 Å². The molecule has 10 heteroatoms. The number of aryl methyl sites for hydroxylation is 1. The summed E-state index contributed by atoms with van der Waals surface area (Å²) in [6, 6.07) is 10.4. The number of nitrogens with two attached hydrogens (primary N) is 1. The van der Waals surface area contributed by atoms with Gasteiger partial charge in [-0.25, -0.2) is 9.97 Å². The maximum absolute atomic E-state index is 12.8. The lowest BCUT2D eigenvalue weighted by Crippen LogP contribution is -2.24. The molecule has 2 aromatic carbocycles. The summed E-state index contributed by atoms with van der Waals surface area (Å²) in [5.41, 5.74) is 8.97. The Balaban J connectivity index is 0.000000208. The summed E-state index contributed by atoms with van der Waals surface area (Å²) in [7, 11) is 0. The van der Waals surface area contributed by atoms with Crippen molar-refractivity contribution in [2.45, 2.75) is 33.0 Å². The van der Waals surface area contributed by atoms with Crippen molar-refractivity contribution in [2.24, 2.45) is 5.73 Å². The summed E-state index contributed by atoms with van der Waals surface area (Å²) in [6.45, 7) is 5.74. The van der Waals surface area contributed by atoms with Crippen molar-refractivity contribution in [3.63, 3.8) is 0 Å². The average molecular weight is 533 g/mol. The van der Waals surface area contributed by atoms with Crippen molar-refractivity contribution in [1.29, 1.82) is 0 Å². The molecule has 0 radical (unpaired) electrons. The minimum atomic E-state index is -4.38. The van der Waals surface area contributed by atoms with Gasteiger partial charge >= 0.3 is 6.18 Å². The van der Waals surface area contributed by atoms with Crippen LogP contribution in [0.2, 0.25) is 5.02 Å². The quantitative estimate of drug-likeness (QED) is 0.432. The van der Waals surface area contributed by atoms with Gasteiger partial charge in [0, 0.05) is 24.3 Å². The zero-order valence-electron chi connectivity index (χ0n) is 20.5. The lowest BCUT2D eigenvalue weighted by atomic mass is 9.96. The second-order valence-corrected chi connectivity index (χ2v) is 8.62. The first-order chi connectivity index (χ1) is 17.6. The first-order valence-corrected chi connectivity index (χ1v) is 12.1. The fourth-order valence-corrected chi connectivity index (χ4v) is 3.76. The molecule has 0 spiro atoms. The summed E-state index contributed by atoms with van der Waals surface area (Å²) in [6.07, 6.45) is -0.0151. The first-order valence-electron chi connectivity index (χ1n) is 11.7. The molecule has 1 amide bonds. The summed E-state index contributed by atoms with van der Waals surface area (Å²) in [4.78, 5) is 20.1. The van der Waals surface area contributed by atoms with Crippen LogP contribution in [-0.4, -0.2) is 35.6 Å². The number of hydrogen-bond donors (Lipinski definition) is 2. The SMILES string of the molecule is CCNC(=O)c1ccnc(C2=CCOCC2)n1.Cc1ccc(-c2cc(C(F)(F)F)ccc2CN)cc1Cl. The third-order valence-electron chi connectivity index (χ3n) is 5.62. The van der Waals surface area contributed by atoms with E-state index in [9.17, 15) is 18.0 Å². The molecule has 6 nitrogen and oxygen atoms in total. The Labute approximate surface area is 218 Å². The molecular weight excluding hydrogens is 505 g/mol. The molecule has 0 saturated heterocycles. The van der Waals surface area contributed by atoms with Crippen LogP contribution >= 0.6 is 11.6 Å². The number of aromatic nitrogens is 2. The zero-order chi connectivity index (χ0) is 27.0. The van der Waals surface area contributed by atoms with Crippen molar-refractivity contribution in [1.82, 2.24) is 15.3 Å². The van der Waals surface area contributed by atoms with Crippen LogP contribution in [0.15, 0.2) is 54.7 Å². The standard InChI is InChI=1S/C15H13ClF3N.C12H15N3O2/c1-9-2-3-10(6-14(9)16)13-7-12(15(17,18)19)5-4-11(13)8-20;1-2-13-12(16)10-3-6-14-11(15-10)9-4-7-17-8-5-9/h2-7H,8,20H2,1H3;3-4,6H,2,5,7-8H2,1H3,(H,13,16). The minimum Gasteiger partial charge on any atom is -0.377 e. The number of carbonyl (C=O) groups excluding carboxylic acids is 1. The van der Waals surface area contributed by atoms with Crippen LogP contribution in [0.5, 0.6) is 0 Å². The summed E-state index contributed by atoms with van der Waals surface area (Å²) in [5, 5.41) is 3.24. The highest BCUT2D eigenvalue weighted by atomic mass is 35.5. The second-order valence-electron chi connectivity index (χ2n) is 8.22. The smallest absolute Gasteiger partial charge is 0.377 e. The molecule has 0 saturated carbocycles. The molecule has 1 aliphatic rings. The first kappa shape index (κ1) is 28.3. The van der Waals surface area contributed by atoms with E-state index >= 15 is 0 Å². The highest BCUT2D eigenvalue weighted by Gasteiger charge is 2.31. The average Bonchev–Trinajstić information content (AvgIpc) is 2.90. The maximum atomic E-state index is 12.8. The number of carbonyl (C=O) groups is 1. The number of halogens is 4. The second kappa shape index (κ2) is 12.8. The van der Waals surface area contributed by atoms with Crippen molar-refractivity contribution < 1.29 is 22.7 Å². The van der Waals surface area contributed by atoms with Crippen molar-refractivity contribution in [3.05, 3.63) is 88.0 Å². The Morgan fingerprint density at radius 2 is 1.97 bits per heavy atom. The molecule has 0 fully saturated rings. The third kappa shape index (κ3) is 7.61. The molecule has 0 aliphatic carbocycles. The molecule has 3 N–H and O–H groups in total. The van der Waals surface area contributed by atoms with Crippen LogP contribution < -0.4 is 11.1 Å². The fourth-order valence-electron chi connectivity index (χ4n) is 3.58. The molecule has 0 unspecified atom stereocenters. The van der Waals surface area contributed by atoms with E-state index in [1.54, 1.807) is 30.5 Å². The Morgan fingerprint density at radius 3 is 2.59 bits per heavy atom. The van der Waals surface area contributed by atoms with E-state index in [-0.39, 0.29) is 12.5 Å². The molecule has 2 heterocycles. The van der Waals surface area contributed by atoms with E-state index < -0.39 is 11.7 Å². The van der Waals surface area contributed by atoms with Crippen LogP contribution in [0.3, 0.4) is 0 Å². The summed E-state index contributed by atoms with van der Waals surface area (Å²) >= 11 is 6.04. The molecule has 196 valence electrons. The van der Waals surface area contributed by atoms with Gasteiger partial charge in [-0.05, 0) is 72.4 Å². The number of alkyl halides is 3. The normalized spacial score (nSPS) is 13.3. The van der Waals surface area contributed by atoms with E-state index in [4.69, 9.17) is 22.1 Å². The van der Waals surface area contributed by atoms with Gasteiger partial charge < -0.3 is 15.8 Å². The van der Waals surface area contributed by atoms with Gasteiger partial charge in [0.05, 0.1) is 18.8 Å². The fraction of sp³-hybridized carbons (Fsp3) is 0.296. The predicted octanol–water partition coefficient (Wildman–Crippen LogP) is 5.82. The largest absolute Gasteiger partial charge is 0.416 e. The van der Waals surface area contributed by atoms with Crippen LogP contribution in [0.25, 0.3) is 16.7 Å². The van der Waals surface area contributed by atoms with Gasteiger partial charge in [0.2, 0.25) is 0 Å². The number of nitrogens with one attached hydrogen (secondary N) is 1. The lowest BCUT2D eigenvalue weighted by Gasteiger charge is -2.13. The number of benzene rings is 2. The van der Waals surface area contributed by atoms with Gasteiger partial charge in [0.25, 0.3) is 5.91 Å². The topological polar surface area (TPSA) is 90.1 Å². The van der Waals surface area contributed by atoms with Gasteiger partial charge in [-0.2, -0.15) is 13.2 Å². The Bertz CT molecular complexity index is 1280. The van der Waals surface area contributed by atoms with Crippen LogP contribution in [-0.2, 0) is 17.5 Å². The minimum absolute atomic E-state index is 0.163. The van der Waals surface area contributed by atoms with E-state index in [1.807, 2.05) is 19.9 Å². The molecule has 3 aromatic rings. The molecule has 1 aliphatic heterocycles. The van der Waals surface area contributed by atoms with Gasteiger partial charge in [-0.15, -0.1) is 0 Å². The van der Waals surface area contributed by atoms with Crippen LogP contribution in [0, 0.1) is 6.92 Å². The molecular formula is C27H28ClF3N4O2. The van der Waals surface area contributed by atoms with E-state index in [0.29, 0.717) is 53.0 Å². The van der Waals surface area contributed by atoms with Gasteiger partial charge in [-0.3, -0.25) is 4.79 Å². The molecule has 37 heavy (non-hydrogen) atoms. The number of hydrogen-bond acceptors (Lipinski definition) is 5. The van der Waals surface area contributed by atoms with Crippen LogP contribution in [0.1, 0.15) is 46.3 Å². The number of ether oxygens (including phenoxy) is 1. The predicted molar refractivity (Wildman–Crippen MR) is 138 cm³/mol. The van der Waals surface area contributed by atoms with E-state index in [0.717, 1.165) is 29.7 Å². The van der Waals surface area contributed by atoms with E-state index in [1.165, 1.54) is 6.07 Å². The van der Waals surface area contributed by atoms with Gasteiger partial charge in [-0.1, -0.05) is 35.9 Å². The molecule has 1 aromatic heterocycles. The zero-order valence-corrected chi connectivity index (χ0v) is 21.3. The summed E-state index contributed by atoms with van der Waals surface area (Å²) < 4.78 is 43.6. The molecule has 0 atom stereocenters. The van der Waals surface area contributed by atoms with Crippen molar-refractivity contribution in [2.75, 3.05) is 19.8 Å². The monoisotopic (exact) mass is 532 g/mol. The number of amides is 1. The van der Waals surface area contributed by atoms with Crippen LogP contribution in [0.4, 0.5) is 13.2 Å². The Hall–Kier alpha value is -3.27. The van der Waals surface area contributed by atoms with Gasteiger partial charge in [0.1, 0.15) is 5.69 Å². The number of nitrogens with zero attached hydrogens (tertiary/aromatic N) is 2. The highest BCUT2D eigenvalue weighted by molar-refractivity contribution is 6.31.